The first-order valence-corrected chi connectivity index (χ1v) is 3.43. The van der Waals surface area contributed by atoms with Crippen LogP contribution in [0.5, 0.6) is 0 Å². The lowest BCUT2D eigenvalue weighted by atomic mass is 10.1. The van der Waals surface area contributed by atoms with Crippen molar-refractivity contribution >= 4 is 12.4 Å². The molecule has 0 amide bonds. The number of rotatable bonds is 2. The summed E-state index contributed by atoms with van der Waals surface area (Å²) >= 11 is 0. The highest BCUT2D eigenvalue weighted by molar-refractivity contribution is 5.85. The Balaban J connectivity index is 2.95. The van der Waals surface area contributed by atoms with E-state index in [0.29, 0.717) is 0 Å². The Labute approximate surface area is 70.6 Å². The maximum absolute atomic E-state index is 5.00. The van der Waals surface area contributed by atoms with Gasteiger partial charge in [-0.1, -0.05) is 18.2 Å². The molecule has 0 fully saturated rings. The fraction of sp³-hybridized carbons (Fsp3) is 0. The predicted octanol–water partition coefficient (Wildman–Crippen LogP) is 0.272. The molecule has 0 aromatic heterocycles. The molecule has 0 radical (unpaired) electrons. The predicted molar refractivity (Wildman–Crippen MR) is 50.0 cm³/mol. The molecule has 0 bridgehead atoms. The summed E-state index contributed by atoms with van der Waals surface area (Å²) in [6, 6.07) is 7.55. The van der Waals surface area contributed by atoms with Crippen LogP contribution in [-0.2, 0) is 0 Å². The van der Waals surface area contributed by atoms with Crippen molar-refractivity contribution in [3.63, 3.8) is 0 Å². The van der Waals surface area contributed by atoms with E-state index in [1.807, 2.05) is 24.3 Å². The quantitative estimate of drug-likeness (QED) is 0.372. The summed E-state index contributed by atoms with van der Waals surface area (Å²) in [5.41, 5.74) is 1.85. The Bertz CT molecular complexity index is 276. The summed E-state index contributed by atoms with van der Waals surface area (Å²) in [7, 11) is 0. The summed E-state index contributed by atoms with van der Waals surface area (Å²) in [6.45, 7) is 0. The molecular formula is C8H10N4. The van der Waals surface area contributed by atoms with Gasteiger partial charge in [0, 0.05) is 0 Å². The third-order valence-corrected chi connectivity index (χ3v) is 1.36. The van der Waals surface area contributed by atoms with Gasteiger partial charge in [0.05, 0.1) is 12.4 Å². The highest BCUT2D eigenvalue weighted by Crippen LogP contribution is 1.99. The van der Waals surface area contributed by atoms with Gasteiger partial charge in [-0.2, -0.15) is 10.2 Å². The summed E-state index contributed by atoms with van der Waals surface area (Å²) in [6.07, 6.45) is 3.13. The number of benzene rings is 1. The van der Waals surface area contributed by atoms with Crippen LogP contribution < -0.4 is 11.7 Å². The van der Waals surface area contributed by atoms with Crippen molar-refractivity contribution in [2.24, 2.45) is 21.9 Å². The lowest BCUT2D eigenvalue weighted by molar-refractivity contribution is 1.26. The third-order valence-electron chi connectivity index (χ3n) is 1.36. The molecule has 0 aliphatic rings. The molecule has 4 nitrogen and oxygen atoms in total. The van der Waals surface area contributed by atoms with Crippen molar-refractivity contribution in [1.29, 1.82) is 0 Å². The van der Waals surface area contributed by atoms with Crippen molar-refractivity contribution in [3.05, 3.63) is 35.4 Å². The van der Waals surface area contributed by atoms with Crippen LogP contribution in [0.4, 0.5) is 0 Å². The number of nitrogens with zero attached hydrogens (tertiary/aromatic N) is 2. The van der Waals surface area contributed by atoms with Crippen LogP contribution in [0.1, 0.15) is 11.1 Å². The van der Waals surface area contributed by atoms with Gasteiger partial charge in [-0.3, -0.25) is 0 Å². The standard InChI is InChI=1S/C8H10N4/c9-11-5-7-2-1-3-8(4-7)6-12-10/h1-6H,9-10H2. The van der Waals surface area contributed by atoms with Crippen LogP contribution in [-0.4, -0.2) is 12.4 Å². The number of hydrogen-bond donors (Lipinski definition) is 2. The number of hydrazone groups is 2. The largest absolute Gasteiger partial charge is 0.323 e. The van der Waals surface area contributed by atoms with Crippen molar-refractivity contribution in [3.8, 4) is 0 Å². The minimum atomic E-state index is 0.926. The van der Waals surface area contributed by atoms with Gasteiger partial charge in [-0.25, -0.2) is 0 Å². The molecular weight excluding hydrogens is 152 g/mol. The maximum atomic E-state index is 5.00. The minimum absolute atomic E-state index is 0.926. The topological polar surface area (TPSA) is 76.8 Å². The molecule has 4 heteroatoms. The smallest absolute Gasteiger partial charge is 0.0538 e. The van der Waals surface area contributed by atoms with E-state index >= 15 is 0 Å². The van der Waals surface area contributed by atoms with Crippen molar-refractivity contribution < 1.29 is 0 Å². The van der Waals surface area contributed by atoms with E-state index in [9.17, 15) is 0 Å². The molecule has 0 aliphatic heterocycles. The zero-order valence-electron chi connectivity index (χ0n) is 6.51. The van der Waals surface area contributed by atoms with Crippen LogP contribution in [0.15, 0.2) is 34.5 Å². The van der Waals surface area contributed by atoms with Gasteiger partial charge in [-0.15, -0.1) is 0 Å². The van der Waals surface area contributed by atoms with Crippen LogP contribution in [0, 0.1) is 0 Å². The SMILES string of the molecule is NN=Cc1cccc(C=NN)c1. The summed E-state index contributed by atoms with van der Waals surface area (Å²) in [5.74, 6) is 9.99. The Morgan fingerprint density at radius 1 is 1.00 bits per heavy atom. The number of hydrogen-bond acceptors (Lipinski definition) is 4. The van der Waals surface area contributed by atoms with E-state index < -0.39 is 0 Å². The van der Waals surface area contributed by atoms with Crippen molar-refractivity contribution in [2.45, 2.75) is 0 Å². The maximum Gasteiger partial charge on any atom is 0.0538 e. The van der Waals surface area contributed by atoms with Gasteiger partial charge >= 0.3 is 0 Å². The second-order valence-electron chi connectivity index (χ2n) is 2.23. The molecule has 1 rings (SSSR count). The fourth-order valence-corrected chi connectivity index (χ4v) is 0.892. The lowest BCUT2D eigenvalue weighted by Crippen LogP contribution is -1.90. The van der Waals surface area contributed by atoms with Crippen molar-refractivity contribution in [2.75, 3.05) is 0 Å². The summed E-state index contributed by atoms with van der Waals surface area (Å²) < 4.78 is 0. The zero-order valence-corrected chi connectivity index (χ0v) is 6.51. The van der Waals surface area contributed by atoms with E-state index in [1.165, 1.54) is 0 Å². The molecule has 0 atom stereocenters. The molecule has 12 heavy (non-hydrogen) atoms. The van der Waals surface area contributed by atoms with Gasteiger partial charge in [0.1, 0.15) is 0 Å². The van der Waals surface area contributed by atoms with Gasteiger partial charge < -0.3 is 11.7 Å². The van der Waals surface area contributed by atoms with E-state index in [1.54, 1.807) is 12.4 Å². The van der Waals surface area contributed by atoms with E-state index in [2.05, 4.69) is 10.2 Å². The first-order valence-electron chi connectivity index (χ1n) is 3.43. The zero-order chi connectivity index (χ0) is 8.81. The first kappa shape index (κ1) is 8.26. The number of nitrogens with two attached hydrogens (primary N) is 2. The molecule has 0 spiro atoms. The first-order chi connectivity index (χ1) is 5.86. The average Bonchev–Trinajstić information content (AvgIpc) is 2.06. The third kappa shape index (κ3) is 2.09. The second kappa shape index (κ2) is 4.12. The van der Waals surface area contributed by atoms with E-state index in [4.69, 9.17) is 11.7 Å². The van der Waals surface area contributed by atoms with E-state index in [0.717, 1.165) is 11.1 Å². The molecule has 0 heterocycles. The molecule has 0 saturated heterocycles. The molecule has 0 unspecified atom stereocenters. The Morgan fingerprint density at radius 3 is 1.92 bits per heavy atom. The minimum Gasteiger partial charge on any atom is -0.323 e. The fourth-order valence-electron chi connectivity index (χ4n) is 0.892. The van der Waals surface area contributed by atoms with Crippen molar-refractivity contribution in [1.82, 2.24) is 0 Å². The van der Waals surface area contributed by atoms with Crippen LogP contribution in [0.3, 0.4) is 0 Å². The van der Waals surface area contributed by atoms with E-state index in [-0.39, 0.29) is 0 Å². The molecule has 62 valence electrons. The normalized spacial score (nSPS) is 11.3. The highest BCUT2D eigenvalue weighted by Gasteiger charge is 1.89. The van der Waals surface area contributed by atoms with Crippen LogP contribution >= 0.6 is 0 Å². The monoisotopic (exact) mass is 162 g/mol. The summed E-state index contributed by atoms with van der Waals surface area (Å²) in [5, 5.41) is 6.81. The Morgan fingerprint density at radius 2 is 1.50 bits per heavy atom. The molecule has 0 saturated carbocycles. The van der Waals surface area contributed by atoms with Gasteiger partial charge in [0.2, 0.25) is 0 Å². The average molecular weight is 162 g/mol. The molecule has 4 N–H and O–H groups in total. The van der Waals surface area contributed by atoms with Gasteiger partial charge in [0.25, 0.3) is 0 Å². The summed E-state index contributed by atoms with van der Waals surface area (Å²) in [4.78, 5) is 0. The Kier molecular flexibility index (Phi) is 2.84. The Hall–Kier alpha value is -1.84. The van der Waals surface area contributed by atoms with Gasteiger partial charge in [0.15, 0.2) is 0 Å². The highest BCUT2D eigenvalue weighted by atomic mass is 15.1. The van der Waals surface area contributed by atoms with Crippen LogP contribution in [0.2, 0.25) is 0 Å². The van der Waals surface area contributed by atoms with Gasteiger partial charge in [-0.05, 0) is 17.2 Å². The molecule has 0 aliphatic carbocycles. The molecule has 1 aromatic rings. The van der Waals surface area contributed by atoms with Crippen LogP contribution in [0.25, 0.3) is 0 Å². The second-order valence-corrected chi connectivity index (χ2v) is 2.23. The lowest BCUT2D eigenvalue weighted by Gasteiger charge is -1.93. The molecule has 1 aromatic carbocycles.